The van der Waals surface area contributed by atoms with Crippen molar-refractivity contribution in [1.29, 1.82) is 0 Å². The Kier molecular flexibility index (Phi) is 5.29. The SMILES string of the molecule is OCC1CC(O)C[C@H](c2cc(Cc3ccc(C4CC4)cc3)c(Cl)c3c2CCO3)O1. The summed E-state index contributed by atoms with van der Waals surface area (Å²) in [6.45, 7) is 0.528. The van der Waals surface area contributed by atoms with E-state index in [1.807, 2.05) is 0 Å². The van der Waals surface area contributed by atoms with E-state index in [2.05, 4.69) is 30.3 Å². The summed E-state index contributed by atoms with van der Waals surface area (Å²) < 4.78 is 12.0. The number of hydrogen-bond acceptors (Lipinski definition) is 4. The molecule has 2 aromatic rings. The van der Waals surface area contributed by atoms with Gasteiger partial charge in [0, 0.05) is 24.8 Å². The second kappa shape index (κ2) is 7.92. The van der Waals surface area contributed by atoms with Crippen LogP contribution < -0.4 is 4.74 Å². The number of benzene rings is 2. The molecule has 2 aliphatic heterocycles. The monoisotopic (exact) mass is 414 g/mol. The molecule has 5 heteroatoms. The molecule has 3 atom stereocenters. The first-order valence-corrected chi connectivity index (χ1v) is 11.0. The van der Waals surface area contributed by atoms with Crippen molar-refractivity contribution in [2.75, 3.05) is 13.2 Å². The normalized spacial score (nSPS) is 26.2. The van der Waals surface area contributed by atoms with E-state index in [0.717, 1.165) is 41.2 Å². The molecule has 1 saturated carbocycles. The van der Waals surface area contributed by atoms with Gasteiger partial charge in [-0.25, -0.2) is 0 Å². The molecular formula is C24H27ClO4. The lowest BCUT2D eigenvalue weighted by Crippen LogP contribution is -2.33. The van der Waals surface area contributed by atoms with E-state index in [-0.39, 0.29) is 18.8 Å². The summed E-state index contributed by atoms with van der Waals surface area (Å²) >= 11 is 6.74. The van der Waals surface area contributed by atoms with Crippen molar-refractivity contribution < 1.29 is 19.7 Å². The Hall–Kier alpha value is -1.59. The van der Waals surface area contributed by atoms with Crippen molar-refractivity contribution >= 4 is 11.6 Å². The fourth-order valence-electron chi connectivity index (χ4n) is 4.68. The second-order valence-corrected chi connectivity index (χ2v) is 8.97. The molecule has 2 unspecified atom stereocenters. The number of fused-ring (bicyclic) bond motifs is 1. The molecule has 2 fully saturated rings. The maximum atomic E-state index is 10.3. The maximum Gasteiger partial charge on any atom is 0.141 e. The summed E-state index contributed by atoms with van der Waals surface area (Å²) in [5.74, 6) is 1.51. The first-order valence-electron chi connectivity index (χ1n) is 10.6. The minimum absolute atomic E-state index is 0.0833. The molecule has 5 rings (SSSR count). The van der Waals surface area contributed by atoms with Gasteiger partial charge in [-0.2, -0.15) is 0 Å². The molecule has 154 valence electrons. The van der Waals surface area contributed by atoms with E-state index in [9.17, 15) is 10.2 Å². The third-order valence-corrected chi connectivity index (χ3v) is 6.80. The van der Waals surface area contributed by atoms with Crippen LogP contribution in [-0.4, -0.2) is 35.6 Å². The number of halogens is 1. The number of rotatable bonds is 5. The molecule has 29 heavy (non-hydrogen) atoms. The zero-order chi connectivity index (χ0) is 20.0. The van der Waals surface area contributed by atoms with Gasteiger partial charge in [0.25, 0.3) is 0 Å². The van der Waals surface area contributed by atoms with Crippen LogP contribution in [0.2, 0.25) is 5.02 Å². The van der Waals surface area contributed by atoms with Gasteiger partial charge in [-0.05, 0) is 47.4 Å². The molecule has 3 aliphatic rings. The van der Waals surface area contributed by atoms with Gasteiger partial charge in [-0.15, -0.1) is 0 Å². The van der Waals surface area contributed by atoms with Gasteiger partial charge in [-0.3, -0.25) is 0 Å². The highest BCUT2D eigenvalue weighted by Crippen LogP contribution is 2.45. The summed E-state index contributed by atoms with van der Waals surface area (Å²) in [6.07, 6.45) is 4.07. The Labute approximate surface area is 176 Å². The van der Waals surface area contributed by atoms with Crippen LogP contribution in [0.5, 0.6) is 5.75 Å². The number of hydrogen-bond donors (Lipinski definition) is 2. The van der Waals surface area contributed by atoms with Crippen LogP contribution in [0, 0.1) is 0 Å². The predicted molar refractivity (Wildman–Crippen MR) is 112 cm³/mol. The Morgan fingerprint density at radius 1 is 1.10 bits per heavy atom. The molecule has 2 heterocycles. The smallest absolute Gasteiger partial charge is 0.141 e. The number of aliphatic hydroxyl groups excluding tert-OH is 2. The predicted octanol–water partition coefficient (Wildman–Crippen LogP) is 4.32. The van der Waals surface area contributed by atoms with Gasteiger partial charge >= 0.3 is 0 Å². The van der Waals surface area contributed by atoms with Crippen LogP contribution in [-0.2, 0) is 17.6 Å². The van der Waals surface area contributed by atoms with E-state index in [1.165, 1.54) is 24.0 Å². The minimum Gasteiger partial charge on any atom is -0.491 e. The largest absolute Gasteiger partial charge is 0.491 e. The summed E-state index contributed by atoms with van der Waals surface area (Å²) in [5, 5.41) is 20.5. The van der Waals surface area contributed by atoms with Crippen LogP contribution in [0.15, 0.2) is 30.3 Å². The molecule has 0 spiro atoms. The molecule has 1 saturated heterocycles. The molecule has 4 nitrogen and oxygen atoms in total. The highest BCUT2D eigenvalue weighted by atomic mass is 35.5. The molecule has 2 aromatic carbocycles. The second-order valence-electron chi connectivity index (χ2n) is 8.59. The van der Waals surface area contributed by atoms with Crippen molar-refractivity contribution in [3.63, 3.8) is 0 Å². The van der Waals surface area contributed by atoms with Crippen LogP contribution >= 0.6 is 11.6 Å². The van der Waals surface area contributed by atoms with Gasteiger partial charge in [-0.1, -0.05) is 41.9 Å². The van der Waals surface area contributed by atoms with Gasteiger partial charge in [0.15, 0.2) is 0 Å². The summed E-state index contributed by atoms with van der Waals surface area (Å²) in [4.78, 5) is 0. The lowest BCUT2D eigenvalue weighted by molar-refractivity contribution is -0.114. The molecule has 0 bridgehead atoms. The quantitative estimate of drug-likeness (QED) is 0.765. The summed E-state index contributed by atoms with van der Waals surface area (Å²) in [7, 11) is 0. The van der Waals surface area contributed by atoms with Crippen LogP contribution in [0.25, 0.3) is 0 Å². The Morgan fingerprint density at radius 2 is 1.90 bits per heavy atom. The average molecular weight is 415 g/mol. The van der Waals surface area contributed by atoms with Crippen molar-refractivity contribution in [2.24, 2.45) is 0 Å². The first-order chi connectivity index (χ1) is 14.1. The van der Waals surface area contributed by atoms with Gasteiger partial charge in [0.05, 0.1) is 36.5 Å². The molecule has 2 N–H and O–H groups in total. The topological polar surface area (TPSA) is 58.9 Å². The third kappa shape index (κ3) is 3.91. The van der Waals surface area contributed by atoms with Crippen LogP contribution in [0.3, 0.4) is 0 Å². The van der Waals surface area contributed by atoms with E-state index in [4.69, 9.17) is 21.1 Å². The number of aliphatic hydroxyl groups is 2. The first kappa shape index (κ1) is 19.4. The van der Waals surface area contributed by atoms with Crippen molar-refractivity contribution in [3.8, 4) is 5.75 Å². The Morgan fingerprint density at radius 3 is 2.62 bits per heavy atom. The zero-order valence-electron chi connectivity index (χ0n) is 16.4. The van der Waals surface area contributed by atoms with Crippen molar-refractivity contribution in [3.05, 3.63) is 63.2 Å². The van der Waals surface area contributed by atoms with Gasteiger partial charge in [0.2, 0.25) is 0 Å². The zero-order valence-corrected chi connectivity index (χ0v) is 17.2. The van der Waals surface area contributed by atoms with Crippen molar-refractivity contribution in [2.45, 2.75) is 62.8 Å². The van der Waals surface area contributed by atoms with E-state index in [1.54, 1.807) is 0 Å². The maximum absolute atomic E-state index is 10.3. The molecular weight excluding hydrogens is 388 g/mol. The van der Waals surface area contributed by atoms with Gasteiger partial charge < -0.3 is 19.7 Å². The molecule has 0 amide bonds. The highest BCUT2D eigenvalue weighted by Gasteiger charge is 2.33. The lowest BCUT2D eigenvalue weighted by atomic mass is 9.89. The lowest BCUT2D eigenvalue weighted by Gasteiger charge is -2.33. The average Bonchev–Trinajstić information content (AvgIpc) is 3.46. The molecule has 0 aromatic heterocycles. The van der Waals surface area contributed by atoms with Crippen LogP contribution in [0.1, 0.15) is 65.5 Å². The third-order valence-electron chi connectivity index (χ3n) is 6.38. The highest BCUT2D eigenvalue weighted by molar-refractivity contribution is 6.33. The van der Waals surface area contributed by atoms with E-state index < -0.39 is 6.10 Å². The fraction of sp³-hybridized carbons (Fsp3) is 0.500. The summed E-state index contributed by atoms with van der Waals surface area (Å²) in [5.41, 5.74) is 5.79. The fourth-order valence-corrected chi connectivity index (χ4v) is 4.97. The molecule has 1 aliphatic carbocycles. The summed E-state index contributed by atoms with van der Waals surface area (Å²) in [6, 6.07) is 11.0. The van der Waals surface area contributed by atoms with E-state index >= 15 is 0 Å². The van der Waals surface area contributed by atoms with Gasteiger partial charge in [0.1, 0.15) is 5.75 Å². The van der Waals surface area contributed by atoms with Crippen molar-refractivity contribution in [1.82, 2.24) is 0 Å². The minimum atomic E-state index is -0.474. The van der Waals surface area contributed by atoms with Crippen LogP contribution in [0.4, 0.5) is 0 Å². The molecule has 0 radical (unpaired) electrons. The Balaban J connectivity index is 1.46. The van der Waals surface area contributed by atoms with E-state index in [0.29, 0.717) is 24.5 Å². The standard InChI is InChI=1S/C24H27ClO4/c25-23-17(9-14-1-3-15(4-2-14)16-5-6-16)10-21(20-7-8-28-24(20)23)22-12-18(27)11-19(13-26)29-22/h1-4,10,16,18-19,22,26-27H,5-9,11-13H2/t18?,19?,22-/m1/s1. The Bertz CT molecular complexity index is 891. The number of ether oxygens (including phenoxy) is 2.